The fraction of sp³-hybridized carbons (Fsp3) is 0.824. The van der Waals surface area contributed by atoms with Gasteiger partial charge in [-0.1, -0.05) is 13.8 Å². The molecule has 7 heteroatoms. The smallest absolute Gasteiger partial charge is 0.191 e. The molecule has 0 saturated heterocycles. The van der Waals surface area contributed by atoms with Gasteiger partial charge in [-0.25, -0.2) is 4.99 Å². The fourth-order valence-electron chi connectivity index (χ4n) is 3.67. The highest BCUT2D eigenvalue weighted by Crippen LogP contribution is 2.48. The Labute approximate surface area is 145 Å². The van der Waals surface area contributed by atoms with Gasteiger partial charge in [-0.2, -0.15) is 0 Å². The van der Waals surface area contributed by atoms with Crippen LogP contribution in [0.2, 0.25) is 0 Å². The number of nitrogens with zero attached hydrogens (tertiary/aromatic N) is 4. The number of aliphatic imine (C=N–C) groups is 1. The van der Waals surface area contributed by atoms with Crippen LogP contribution in [0, 0.1) is 5.41 Å². The van der Waals surface area contributed by atoms with Crippen molar-refractivity contribution >= 4 is 5.96 Å². The predicted molar refractivity (Wildman–Crippen MR) is 95.8 cm³/mol. The summed E-state index contributed by atoms with van der Waals surface area (Å²) in [4.78, 5) is 4.67. The molecule has 1 saturated carbocycles. The molecule has 1 aliphatic carbocycles. The second-order valence-electron chi connectivity index (χ2n) is 6.37. The number of aryl methyl sites for hydroxylation is 1. The van der Waals surface area contributed by atoms with Gasteiger partial charge in [0.25, 0.3) is 0 Å². The van der Waals surface area contributed by atoms with E-state index in [9.17, 15) is 0 Å². The molecule has 0 aliphatic heterocycles. The van der Waals surface area contributed by atoms with Crippen molar-refractivity contribution in [3.63, 3.8) is 0 Å². The van der Waals surface area contributed by atoms with Crippen molar-refractivity contribution in [2.75, 3.05) is 13.2 Å². The highest BCUT2D eigenvalue weighted by molar-refractivity contribution is 5.80. The Bertz CT molecular complexity index is 537. The van der Waals surface area contributed by atoms with Crippen LogP contribution in [0.1, 0.15) is 52.8 Å². The molecule has 0 radical (unpaired) electrons. The van der Waals surface area contributed by atoms with Gasteiger partial charge < -0.3 is 19.9 Å². The van der Waals surface area contributed by atoms with Crippen molar-refractivity contribution in [3.8, 4) is 0 Å². The number of ether oxygens (including phenoxy) is 1. The molecule has 2 N–H and O–H groups in total. The minimum Gasteiger partial charge on any atom is -0.378 e. The molecule has 0 aromatic carbocycles. The van der Waals surface area contributed by atoms with Crippen LogP contribution in [0.25, 0.3) is 0 Å². The third-order valence-electron chi connectivity index (χ3n) is 5.31. The molecule has 2 atom stereocenters. The lowest BCUT2D eigenvalue weighted by atomic mass is 9.58. The normalized spacial score (nSPS) is 23.0. The first kappa shape index (κ1) is 18.7. The number of nitrogens with one attached hydrogen (secondary N) is 2. The molecule has 1 heterocycles. The standard InChI is InChI=1S/C17H32N6O/c1-6-17(7-2)13(10-14(17)24-9-4)21-16(18-8-3)19-11-15-22-20-12-23(15)5/h12-14H,6-11H2,1-5H3,(H2,18,19,21). The van der Waals surface area contributed by atoms with Crippen LogP contribution >= 0.6 is 0 Å². The topological polar surface area (TPSA) is 76.4 Å². The van der Waals surface area contributed by atoms with Gasteiger partial charge in [-0.3, -0.25) is 0 Å². The predicted octanol–water partition coefficient (Wildman–Crippen LogP) is 1.85. The van der Waals surface area contributed by atoms with E-state index in [4.69, 9.17) is 4.74 Å². The second-order valence-corrected chi connectivity index (χ2v) is 6.37. The highest BCUT2D eigenvalue weighted by Gasteiger charge is 2.53. The van der Waals surface area contributed by atoms with Crippen LogP contribution in [-0.2, 0) is 18.3 Å². The zero-order valence-electron chi connectivity index (χ0n) is 15.7. The Balaban J connectivity index is 2.05. The van der Waals surface area contributed by atoms with Crippen LogP contribution < -0.4 is 10.6 Å². The maximum atomic E-state index is 5.96. The summed E-state index contributed by atoms with van der Waals surface area (Å²) in [5.41, 5.74) is 0.191. The molecule has 1 aromatic heterocycles. The van der Waals surface area contributed by atoms with E-state index in [1.54, 1.807) is 6.33 Å². The van der Waals surface area contributed by atoms with E-state index in [0.29, 0.717) is 18.7 Å². The number of hydrogen-bond donors (Lipinski definition) is 2. The van der Waals surface area contributed by atoms with Crippen LogP contribution in [0.15, 0.2) is 11.3 Å². The van der Waals surface area contributed by atoms with Crippen molar-refractivity contribution in [2.45, 2.75) is 65.6 Å². The van der Waals surface area contributed by atoms with Gasteiger partial charge in [0, 0.05) is 31.7 Å². The van der Waals surface area contributed by atoms with Gasteiger partial charge in [0.2, 0.25) is 0 Å². The number of rotatable bonds is 8. The lowest BCUT2D eigenvalue weighted by Gasteiger charge is -2.55. The summed E-state index contributed by atoms with van der Waals surface area (Å²) in [7, 11) is 1.93. The molecular formula is C17H32N6O. The number of guanidine groups is 1. The third-order valence-corrected chi connectivity index (χ3v) is 5.31. The Hall–Kier alpha value is -1.63. The summed E-state index contributed by atoms with van der Waals surface area (Å²) in [6.45, 7) is 10.8. The van der Waals surface area contributed by atoms with Gasteiger partial charge >= 0.3 is 0 Å². The van der Waals surface area contributed by atoms with E-state index < -0.39 is 0 Å². The van der Waals surface area contributed by atoms with Crippen molar-refractivity contribution in [3.05, 3.63) is 12.2 Å². The van der Waals surface area contributed by atoms with Gasteiger partial charge in [-0.05, 0) is 33.1 Å². The summed E-state index contributed by atoms with van der Waals surface area (Å²) in [6, 6.07) is 0.390. The summed E-state index contributed by atoms with van der Waals surface area (Å²) in [5.74, 6) is 1.69. The van der Waals surface area contributed by atoms with Crippen molar-refractivity contribution in [1.29, 1.82) is 0 Å². The van der Waals surface area contributed by atoms with E-state index >= 15 is 0 Å². The van der Waals surface area contributed by atoms with Crippen molar-refractivity contribution < 1.29 is 4.74 Å². The van der Waals surface area contributed by atoms with Gasteiger partial charge in [0.15, 0.2) is 11.8 Å². The first-order valence-electron chi connectivity index (χ1n) is 9.10. The maximum Gasteiger partial charge on any atom is 0.191 e. The van der Waals surface area contributed by atoms with E-state index in [1.165, 1.54) is 0 Å². The average Bonchev–Trinajstić information content (AvgIpc) is 2.98. The summed E-state index contributed by atoms with van der Waals surface area (Å²) in [6.07, 6.45) is 5.28. The molecule has 0 bridgehead atoms. The highest BCUT2D eigenvalue weighted by atomic mass is 16.5. The Morgan fingerprint density at radius 1 is 1.38 bits per heavy atom. The Kier molecular flexibility index (Phi) is 6.60. The van der Waals surface area contributed by atoms with Gasteiger partial charge in [0.05, 0.1) is 6.10 Å². The molecule has 1 aromatic rings. The summed E-state index contributed by atoms with van der Waals surface area (Å²) < 4.78 is 7.85. The zero-order valence-corrected chi connectivity index (χ0v) is 15.7. The van der Waals surface area contributed by atoms with E-state index in [0.717, 1.165) is 44.2 Å². The molecule has 136 valence electrons. The van der Waals surface area contributed by atoms with Crippen LogP contribution in [0.5, 0.6) is 0 Å². The minimum absolute atomic E-state index is 0.191. The molecule has 1 fully saturated rings. The molecule has 2 rings (SSSR count). The molecule has 0 amide bonds. The first-order valence-corrected chi connectivity index (χ1v) is 9.10. The second kappa shape index (κ2) is 8.46. The average molecular weight is 336 g/mol. The lowest BCUT2D eigenvalue weighted by Crippen LogP contribution is -2.65. The zero-order chi connectivity index (χ0) is 17.6. The molecular weight excluding hydrogens is 304 g/mol. The molecule has 0 spiro atoms. The van der Waals surface area contributed by atoms with Gasteiger partial charge in [0.1, 0.15) is 12.9 Å². The fourth-order valence-corrected chi connectivity index (χ4v) is 3.67. The molecule has 2 unspecified atom stereocenters. The quantitative estimate of drug-likeness (QED) is 0.560. The SMILES string of the molecule is CCNC(=NCc1nncn1C)NC1CC(OCC)C1(CC)CC. The van der Waals surface area contributed by atoms with E-state index in [1.807, 2.05) is 11.6 Å². The largest absolute Gasteiger partial charge is 0.378 e. The minimum atomic E-state index is 0.191. The first-order chi connectivity index (χ1) is 11.6. The molecule has 1 aliphatic rings. The monoisotopic (exact) mass is 336 g/mol. The molecule has 24 heavy (non-hydrogen) atoms. The van der Waals surface area contributed by atoms with E-state index in [-0.39, 0.29) is 5.41 Å². The maximum absolute atomic E-state index is 5.96. The summed E-state index contributed by atoms with van der Waals surface area (Å²) >= 11 is 0. The third kappa shape index (κ3) is 3.71. The van der Waals surface area contributed by atoms with Crippen LogP contribution in [0.4, 0.5) is 0 Å². The van der Waals surface area contributed by atoms with E-state index in [2.05, 4.69) is 53.5 Å². The number of hydrogen-bond acceptors (Lipinski definition) is 4. The Morgan fingerprint density at radius 3 is 2.67 bits per heavy atom. The van der Waals surface area contributed by atoms with Crippen LogP contribution in [-0.4, -0.2) is 46.0 Å². The number of aromatic nitrogens is 3. The lowest BCUT2D eigenvalue weighted by molar-refractivity contribution is -0.133. The summed E-state index contributed by atoms with van der Waals surface area (Å²) in [5, 5.41) is 14.9. The Morgan fingerprint density at radius 2 is 2.12 bits per heavy atom. The molecule has 7 nitrogen and oxygen atoms in total. The van der Waals surface area contributed by atoms with Crippen molar-refractivity contribution in [2.24, 2.45) is 17.5 Å². The van der Waals surface area contributed by atoms with Crippen LogP contribution in [0.3, 0.4) is 0 Å². The van der Waals surface area contributed by atoms with Crippen molar-refractivity contribution in [1.82, 2.24) is 25.4 Å². The van der Waals surface area contributed by atoms with Gasteiger partial charge in [-0.15, -0.1) is 10.2 Å².